The number of rotatable bonds is 9. The number of carbonyl (C=O) groups is 1. The molecule has 0 fully saturated rings. The summed E-state index contributed by atoms with van der Waals surface area (Å²) in [7, 11) is 1.70. The highest BCUT2D eigenvalue weighted by molar-refractivity contribution is 7.99. The SMILES string of the molecule is CCn1c(SCC(=O)N(C)Cc2ccc(OC(F)F)cc2)nnc1-c1ccccc1. The molecular formula is C21H22F2N4O2S. The number of hydrogen-bond acceptors (Lipinski definition) is 5. The van der Waals surface area contributed by atoms with Crippen LogP contribution in [0.1, 0.15) is 12.5 Å². The monoisotopic (exact) mass is 432 g/mol. The molecule has 0 bridgehead atoms. The van der Waals surface area contributed by atoms with Gasteiger partial charge in [-0.2, -0.15) is 8.78 Å². The first-order valence-electron chi connectivity index (χ1n) is 9.37. The van der Waals surface area contributed by atoms with Crippen LogP contribution in [0.5, 0.6) is 5.75 Å². The molecule has 0 aliphatic rings. The van der Waals surface area contributed by atoms with Crippen molar-refractivity contribution in [1.82, 2.24) is 19.7 Å². The van der Waals surface area contributed by atoms with Crippen molar-refractivity contribution in [1.29, 1.82) is 0 Å². The fourth-order valence-electron chi connectivity index (χ4n) is 2.86. The van der Waals surface area contributed by atoms with Crippen LogP contribution in [0.15, 0.2) is 59.8 Å². The predicted octanol–water partition coefficient (Wildman–Crippen LogP) is 4.32. The summed E-state index contributed by atoms with van der Waals surface area (Å²) in [6, 6.07) is 16.0. The zero-order valence-corrected chi connectivity index (χ0v) is 17.5. The summed E-state index contributed by atoms with van der Waals surface area (Å²) in [4.78, 5) is 14.1. The number of alkyl halides is 2. The summed E-state index contributed by atoms with van der Waals surface area (Å²) in [6.45, 7) is 0.209. The molecule has 0 atom stereocenters. The van der Waals surface area contributed by atoms with Crippen LogP contribution in [0.4, 0.5) is 8.78 Å². The summed E-state index contributed by atoms with van der Waals surface area (Å²) in [5.74, 6) is 1.01. The second-order valence-corrected chi connectivity index (χ2v) is 7.42. The summed E-state index contributed by atoms with van der Waals surface area (Å²) >= 11 is 1.34. The van der Waals surface area contributed by atoms with Crippen molar-refractivity contribution in [3.05, 3.63) is 60.2 Å². The lowest BCUT2D eigenvalue weighted by Crippen LogP contribution is -2.27. The molecule has 30 heavy (non-hydrogen) atoms. The largest absolute Gasteiger partial charge is 0.435 e. The minimum atomic E-state index is -2.86. The lowest BCUT2D eigenvalue weighted by Gasteiger charge is -2.17. The third-order valence-corrected chi connectivity index (χ3v) is 5.34. The Labute approximate surface area is 177 Å². The number of amides is 1. The lowest BCUT2D eigenvalue weighted by molar-refractivity contribution is -0.127. The Morgan fingerprint density at radius 1 is 1.13 bits per heavy atom. The molecule has 3 aromatic rings. The van der Waals surface area contributed by atoms with Crippen molar-refractivity contribution in [2.45, 2.75) is 31.8 Å². The molecular weight excluding hydrogens is 410 g/mol. The van der Waals surface area contributed by atoms with Gasteiger partial charge in [0.25, 0.3) is 0 Å². The summed E-state index contributed by atoms with van der Waals surface area (Å²) in [5.41, 5.74) is 1.79. The maximum atomic E-state index is 12.5. The number of thioether (sulfide) groups is 1. The summed E-state index contributed by atoms with van der Waals surface area (Å²) < 4.78 is 30.8. The highest BCUT2D eigenvalue weighted by atomic mass is 32.2. The molecule has 1 heterocycles. The highest BCUT2D eigenvalue weighted by Gasteiger charge is 2.16. The van der Waals surface area contributed by atoms with E-state index in [4.69, 9.17) is 0 Å². The van der Waals surface area contributed by atoms with Gasteiger partial charge in [0.05, 0.1) is 5.75 Å². The Kier molecular flexibility index (Phi) is 7.40. The Balaban J connectivity index is 1.58. The van der Waals surface area contributed by atoms with Gasteiger partial charge in [0.2, 0.25) is 5.91 Å². The smallest absolute Gasteiger partial charge is 0.387 e. The van der Waals surface area contributed by atoms with Crippen LogP contribution >= 0.6 is 11.8 Å². The molecule has 6 nitrogen and oxygen atoms in total. The Hall–Kier alpha value is -2.94. The zero-order chi connectivity index (χ0) is 21.5. The van der Waals surface area contributed by atoms with E-state index in [9.17, 15) is 13.6 Å². The molecule has 2 aromatic carbocycles. The van der Waals surface area contributed by atoms with Gasteiger partial charge in [-0.25, -0.2) is 0 Å². The number of halogens is 2. The van der Waals surface area contributed by atoms with Crippen LogP contribution in [0, 0.1) is 0 Å². The second kappa shape index (κ2) is 10.2. The van der Waals surface area contributed by atoms with Crippen LogP contribution in [0.3, 0.4) is 0 Å². The van der Waals surface area contributed by atoms with Gasteiger partial charge in [-0.05, 0) is 24.6 Å². The van der Waals surface area contributed by atoms with Crippen molar-refractivity contribution >= 4 is 17.7 Å². The van der Waals surface area contributed by atoms with Crippen molar-refractivity contribution < 1.29 is 18.3 Å². The molecule has 3 rings (SSSR count). The first kappa shape index (κ1) is 21.8. The molecule has 0 aliphatic heterocycles. The number of aromatic nitrogens is 3. The Bertz CT molecular complexity index is 965. The minimum absolute atomic E-state index is 0.0696. The van der Waals surface area contributed by atoms with Gasteiger partial charge >= 0.3 is 6.61 Å². The van der Waals surface area contributed by atoms with Gasteiger partial charge < -0.3 is 14.2 Å². The Morgan fingerprint density at radius 3 is 2.47 bits per heavy atom. The van der Waals surface area contributed by atoms with E-state index in [2.05, 4.69) is 14.9 Å². The van der Waals surface area contributed by atoms with E-state index in [1.807, 2.05) is 41.8 Å². The van der Waals surface area contributed by atoms with Crippen molar-refractivity contribution in [2.75, 3.05) is 12.8 Å². The van der Waals surface area contributed by atoms with Gasteiger partial charge in [-0.1, -0.05) is 54.2 Å². The summed E-state index contributed by atoms with van der Waals surface area (Å²) in [6.07, 6.45) is 0. The molecule has 0 spiro atoms. The number of hydrogen-bond donors (Lipinski definition) is 0. The average molecular weight is 432 g/mol. The molecule has 0 N–H and O–H groups in total. The average Bonchev–Trinajstić information content (AvgIpc) is 3.16. The molecule has 0 radical (unpaired) electrons. The maximum absolute atomic E-state index is 12.5. The van der Waals surface area contributed by atoms with Gasteiger partial charge in [-0.15, -0.1) is 10.2 Å². The number of ether oxygens (including phenoxy) is 1. The first-order chi connectivity index (χ1) is 14.5. The third-order valence-electron chi connectivity index (χ3n) is 4.38. The fraction of sp³-hybridized carbons (Fsp3) is 0.286. The van der Waals surface area contributed by atoms with Gasteiger partial charge in [-0.3, -0.25) is 4.79 Å². The first-order valence-corrected chi connectivity index (χ1v) is 10.4. The molecule has 0 unspecified atom stereocenters. The normalized spacial score (nSPS) is 11.0. The number of nitrogens with zero attached hydrogens (tertiary/aromatic N) is 4. The van der Waals surface area contributed by atoms with Gasteiger partial charge in [0.1, 0.15) is 5.75 Å². The van der Waals surface area contributed by atoms with E-state index in [0.717, 1.165) is 17.0 Å². The standard InChI is InChI=1S/C21H22F2N4O2S/c1-3-27-19(16-7-5-4-6-8-16)24-25-21(27)30-14-18(28)26(2)13-15-9-11-17(12-10-15)29-20(22)23/h4-12,20H,3,13-14H2,1-2H3. The van der Waals surface area contributed by atoms with E-state index >= 15 is 0 Å². The molecule has 0 saturated heterocycles. The van der Waals surface area contributed by atoms with Crippen LogP contribution < -0.4 is 4.74 Å². The second-order valence-electron chi connectivity index (χ2n) is 6.48. The van der Waals surface area contributed by atoms with Crippen molar-refractivity contribution in [3.63, 3.8) is 0 Å². The van der Waals surface area contributed by atoms with Crippen molar-refractivity contribution in [3.8, 4) is 17.1 Å². The van der Waals surface area contributed by atoms with Crippen LogP contribution in [0.2, 0.25) is 0 Å². The fourth-order valence-corrected chi connectivity index (χ4v) is 3.80. The highest BCUT2D eigenvalue weighted by Crippen LogP contribution is 2.24. The Morgan fingerprint density at radius 2 is 1.83 bits per heavy atom. The number of benzene rings is 2. The van der Waals surface area contributed by atoms with Crippen LogP contribution in [0.25, 0.3) is 11.4 Å². The van der Waals surface area contributed by atoms with Crippen molar-refractivity contribution in [2.24, 2.45) is 0 Å². The van der Waals surface area contributed by atoms with Gasteiger partial charge in [0.15, 0.2) is 11.0 Å². The van der Waals surface area contributed by atoms with E-state index in [0.29, 0.717) is 18.2 Å². The molecule has 158 valence electrons. The molecule has 9 heteroatoms. The maximum Gasteiger partial charge on any atom is 0.387 e. The predicted molar refractivity (Wildman–Crippen MR) is 111 cm³/mol. The molecule has 0 aliphatic carbocycles. The van der Waals surface area contributed by atoms with Crippen LogP contribution in [-0.4, -0.2) is 45.0 Å². The zero-order valence-electron chi connectivity index (χ0n) is 16.7. The topological polar surface area (TPSA) is 60.2 Å². The van der Waals surface area contributed by atoms with Gasteiger partial charge in [0, 0.05) is 25.7 Å². The van der Waals surface area contributed by atoms with E-state index < -0.39 is 6.61 Å². The quantitative estimate of drug-likeness (QED) is 0.472. The van der Waals surface area contributed by atoms with E-state index in [1.54, 1.807) is 24.1 Å². The van der Waals surface area contributed by atoms with Crippen LogP contribution in [-0.2, 0) is 17.9 Å². The minimum Gasteiger partial charge on any atom is -0.435 e. The van der Waals surface area contributed by atoms with E-state index in [1.165, 1.54) is 23.9 Å². The molecule has 0 saturated carbocycles. The third kappa shape index (κ3) is 5.56. The molecule has 1 amide bonds. The van der Waals surface area contributed by atoms with E-state index in [-0.39, 0.29) is 17.4 Å². The summed E-state index contributed by atoms with van der Waals surface area (Å²) in [5, 5.41) is 9.21. The molecule has 1 aromatic heterocycles. The lowest BCUT2D eigenvalue weighted by atomic mass is 10.2. The number of carbonyl (C=O) groups excluding carboxylic acids is 1.